The molecule has 7 heteroatoms. The Hall–Kier alpha value is -2.96. The largest absolute Gasteiger partial charge is 0.340 e. The predicted molar refractivity (Wildman–Crippen MR) is 99.9 cm³/mol. The number of aromatic nitrogens is 4. The van der Waals surface area contributed by atoms with Gasteiger partial charge < -0.3 is 9.88 Å². The summed E-state index contributed by atoms with van der Waals surface area (Å²) < 4.78 is 0. The van der Waals surface area contributed by atoms with Crippen LogP contribution in [-0.4, -0.2) is 37.6 Å². The number of aromatic amines is 1. The van der Waals surface area contributed by atoms with E-state index in [1.165, 1.54) is 0 Å². The molecule has 3 heterocycles. The van der Waals surface area contributed by atoms with Gasteiger partial charge in [-0.25, -0.2) is 9.78 Å². The molecule has 1 atom stereocenters. The average Bonchev–Trinajstić information content (AvgIpc) is 3.09. The van der Waals surface area contributed by atoms with Crippen LogP contribution < -0.4 is 5.32 Å². The predicted octanol–water partition coefficient (Wildman–Crippen LogP) is 3.73. The molecule has 1 saturated heterocycles. The Labute approximate surface area is 151 Å². The van der Waals surface area contributed by atoms with E-state index in [-0.39, 0.29) is 12.1 Å². The Balaban J connectivity index is 1.58. The molecule has 134 valence electrons. The van der Waals surface area contributed by atoms with Gasteiger partial charge >= 0.3 is 6.03 Å². The fourth-order valence-corrected chi connectivity index (χ4v) is 3.38. The SMILES string of the molecule is Cc1cc(NC(=O)N2CCCCC2c2nc3ccccc3[nH]2)nnc1C. The van der Waals surface area contributed by atoms with E-state index in [1.54, 1.807) is 0 Å². The molecular weight excluding hydrogens is 328 g/mol. The number of aryl methyl sites for hydroxylation is 2. The number of hydrogen-bond acceptors (Lipinski definition) is 4. The van der Waals surface area contributed by atoms with Crippen LogP contribution in [-0.2, 0) is 0 Å². The molecule has 4 rings (SSSR count). The maximum absolute atomic E-state index is 12.9. The van der Waals surface area contributed by atoms with Gasteiger partial charge in [0.15, 0.2) is 5.82 Å². The van der Waals surface area contributed by atoms with Crippen molar-refractivity contribution in [2.45, 2.75) is 39.2 Å². The third-order valence-electron chi connectivity index (χ3n) is 4.95. The fourth-order valence-electron chi connectivity index (χ4n) is 3.38. The lowest BCUT2D eigenvalue weighted by molar-refractivity contribution is 0.160. The van der Waals surface area contributed by atoms with Crippen LogP contribution in [0.25, 0.3) is 11.0 Å². The second-order valence-electron chi connectivity index (χ2n) is 6.77. The van der Waals surface area contributed by atoms with Crippen LogP contribution in [0, 0.1) is 13.8 Å². The smallest absolute Gasteiger partial charge is 0.323 e. The molecule has 3 aromatic rings. The van der Waals surface area contributed by atoms with Gasteiger partial charge in [-0.1, -0.05) is 12.1 Å². The van der Waals surface area contributed by atoms with E-state index < -0.39 is 0 Å². The minimum absolute atomic E-state index is 0.0596. The number of amides is 2. The lowest BCUT2D eigenvalue weighted by Gasteiger charge is -2.34. The summed E-state index contributed by atoms with van der Waals surface area (Å²) in [5.74, 6) is 1.32. The first-order valence-electron chi connectivity index (χ1n) is 8.95. The summed E-state index contributed by atoms with van der Waals surface area (Å²) in [6.45, 7) is 4.56. The van der Waals surface area contributed by atoms with E-state index in [9.17, 15) is 4.79 Å². The quantitative estimate of drug-likeness (QED) is 0.737. The highest BCUT2D eigenvalue weighted by Gasteiger charge is 2.30. The highest BCUT2D eigenvalue weighted by atomic mass is 16.2. The van der Waals surface area contributed by atoms with Crippen LogP contribution in [0.1, 0.15) is 42.4 Å². The third kappa shape index (κ3) is 3.12. The molecule has 7 nitrogen and oxygen atoms in total. The summed E-state index contributed by atoms with van der Waals surface area (Å²) in [4.78, 5) is 22.8. The fraction of sp³-hybridized carbons (Fsp3) is 0.368. The number of urea groups is 1. The maximum Gasteiger partial charge on any atom is 0.323 e. The number of fused-ring (bicyclic) bond motifs is 1. The number of benzene rings is 1. The summed E-state index contributed by atoms with van der Waals surface area (Å²) in [5.41, 5.74) is 3.78. The van der Waals surface area contributed by atoms with Gasteiger partial charge in [0.1, 0.15) is 5.82 Å². The van der Waals surface area contributed by atoms with Gasteiger partial charge in [-0.3, -0.25) is 5.32 Å². The van der Waals surface area contributed by atoms with Gasteiger partial charge in [-0.2, -0.15) is 5.10 Å². The van der Waals surface area contributed by atoms with E-state index in [4.69, 9.17) is 4.98 Å². The summed E-state index contributed by atoms with van der Waals surface area (Å²) in [5, 5.41) is 11.0. The minimum atomic E-state index is -0.160. The molecule has 0 aliphatic carbocycles. The number of rotatable bonds is 2. The van der Waals surface area contributed by atoms with E-state index in [0.717, 1.165) is 47.4 Å². The Morgan fingerprint density at radius 3 is 2.88 bits per heavy atom. The van der Waals surface area contributed by atoms with E-state index in [0.29, 0.717) is 12.4 Å². The van der Waals surface area contributed by atoms with Gasteiger partial charge in [-0.05, 0) is 56.9 Å². The Morgan fingerprint density at radius 2 is 2.08 bits per heavy atom. The Bertz CT molecular complexity index is 917. The van der Waals surface area contributed by atoms with Crippen LogP contribution in [0.3, 0.4) is 0 Å². The topological polar surface area (TPSA) is 86.8 Å². The number of H-pyrrole nitrogens is 1. The lowest BCUT2D eigenvalue weighted by atomic mass is 10.0. The number of nitrogens with zero attached hydrogens (tertiary/aromatic N) is 4. The average molecular weight is 350 g/mol. The first-order chi connectivity index (χ1) is 12.6. The van der Waals surface area contributed by atoms with Crippen molar-refractivity contribution in [3.63, 3.8) is 0 Å². The van der Waals surface area contributed by atoms with Gasteiger partial charge in [0.05, 0.1) is 22.8 Å². The summed E-state index contributed by atoms with van der Waals surface area (Å²) in [6, 6.07) is 9.56. The number of para-hydroxylation sites is 2. The van der Waals surface area contributed by atoms with E-state index in [2.05, 4.69) is 20.5 Å². The molecular formula is C19H22N6O. The summed E-state index contributed by atoms with van der Waals surface area (Å²) in [6.07, 6.45) is 2.96. The molecule has 1 aromatic carbocycles. The maximum atomic E-state index is 12.9. The van der Waals surface area contributed by atoms with Crippen molar-refractivity contribution in [3.05, 3.63) is 47.4 Å². The van der Waals surface area contributed by atoms with E-state index in [1.807, 2.05) is 49.1 Å². The van der Waals surface area contributed by atoms with Crippen molar-refractivity contribution in [2.75, 3.05) is 11.9 Å². The van der Waals surface area contributed by atoms with Crippen molar-refractivity contribution >= 4 is 22.9 Å². The van der Waals surface area contributed by atoms with Crippen molar-refractivity contribution in [1.29, 1.82) is 0 Å². The van der Waals surface area contributed by atoms with Crippen molar-refractivity contribution < 1.29 is 4.79 Å². The summed E-state index contributed by atoms with van der Waals surface area (Å²) >= 11 is 0. The van der Waals surface area contributed by atoms with Crippen LogP contribution >= 0.6 is 0 Å². The number of imidazole rings is 1. The van der Waals surface area contributed by atoms with Crippen molar-refractivity contribution in [3.8, 4) is 0 Å². The zero-order valence-electron chi connectivity index (χ0n) is 15.0. The minimum Gasteiger partial charge on any atom is -0.340 e. The molecule has 0 spiro atoms. The number of nitrogens with one attached hydrogen (secondary N) is 2. The molecule has 0 bridgehead atoms. The molecule has 2 aromatic heterocycles. The van der Waals surface area contributed by atoms with Crippen molar-refractivity contribution in [1.82, 2.24) is 25.1 Å². The van der Waals surface area contributed by atoms with E-state index >= 15 is 0 Å². The van der Waals surface area contributed by atoms with Gasteiger partial charge in [0.25, 0.3) is 0 Å². The number of piperidine rings is 1. The molecule has 1 aliphatic rings. The van der Waals surface area contributed by atoms with Gasteiger partial charge in [-0.15, -0.1) is 5.10 Å². The molecule has 0 saturated carbocycles. The molecule has 1 fully saturated rings. The number of hydrogen-bond donors (Lipinski definition) is 2. The highest BCUT2D eigenvalue weighted by molar-refractivity contribution is 5.88. The number of likely N-dealkylation sites (tertiary alicyclic amines) is 1. The van der Waals surface area contributed by atoms with Crippen molar-refractivity contribution in [2.24, 2.45) is 0 Å². The molecule has 1 aliphatic heterocycles. The second-order valence-corrected chi connectivity index (χ2v) is 6.77. The number of carbonyl (C=O) groups is 1. The first kappa shape index (κ1) is 16.5. The zero-order chi connectivity index (χ0) is 18.1. The zero-order valence-corrected chi connectivity index (χ0v) is 15.0. The van der Waals surface area contributed by atoms with Gasteiger partial charge in [0.2, 0.25) is 0 Å². The monoisotopic (exact) mass is 350 g/mol. The normalized spacial score (nSPS) is 17.5. The molecule has 1 unspecified atom stereocenters. The molecule has 2 amide bonds. The number of carbonyl (C=O) groups excluding carboxylic acids is 1. The van der Waals surface area contributed by atoms with Crippen LogP contribution in [0.15, 0.2) is 30.3 Å². The Kier molecular flexibility index (Phi) is 4.28. The van der Waals surface area contributed by atoms with Gasteiger partial charge in [0, 0.05) is 6.54 Å². The first-order valence-corrected chi connectivity index (χ1v) is 8.95. The molecule has 0 radical (unpaired) electrons. The van der Waals surface area contributed by atoms with Crippen LogP contribution in [0.2, 0.25) is 0 Å². The molecule has 2 N–H and O–H groups in total. The standard InChI is InChI=1S/C19H22N6O/c1-12-11-17(24-23-13(12)2)22-19(26)25-10-6-5-9-16(25)18-20-14-7-3-4-8-15(14)21-18/h3-4,7-8,11,16H,5-6,9-10H2,1-2H3,(H,20,21)(H,22,24,26). The second kappa shape index (κ2) is 6.74. The summed E-state index contributed by atoms with van der Waals surface area (Å²) in [7, 11) is 0. The highest BCUT2D eigenvalue weighted by Crippen LogP contribution is 2.31. The van der Waals surface area contributed by atoms with Crippen LogP contribution in [0.5, 0.6) is 0 Å². The van der Waals surface area contributed by atoms with Crippen LogP contribution in [0.4, 0.5) is 10.6 Å². The lowest BCUT2D eigenvalue weighted by Crippen LogP contribution is -2.41. The Morgan fingerprint density at radius 1 is 1.23 bits per heavy atom. The third-order valence-corrected chi connectivity index (χ3v) is 4.95. The molecule has 26 heavy (non-hydrogen) atoms. The number of anilines is 1.